The van der Waals surface area contributed by atoms with Gasteiger partial charge in [-0.1, -0.05) is 11.1 Å². The molecule has 52 heavy (non-hydrogen) atoms. The van der Waals surface area contributed by atoms with E-state index >= 15 is 0 Å². The molecular weight excluding hydrogens is 664 g/mol. The van der Waals surface area contributed by atoms with Gasteiger partial charge in [0.1, 0.15) is 47.8 Å². The summed E-state index contributed by atoms with van der Waals surface area (Å²) >= 11 is 0. The van der Waals surface area contributed by atoms with Crippen LogP contribution in [0.3, 0.4) is 0 Å². The molecule has 2 fully saturated rings. The number of ether oxygens (including phenoxy) is 7. The second-order valence-electron chi connectivity index (χ2n) is 15.3. The summed E-state index contributed by atoms with van der Waals surface area (Å²) in [7, 11) is 0. The molecule has 274 valence electrons. The number of fused-ring (bicyclic) bond motifs is 3. The van der Waals surface area contributed by atoms with Crippen molar-refractivity contribution in [3.63, 3.8) is 0 Å². The van der Waals surface area contributed by atoms with Crippen molar-refractivity contribution in [2.45, 2.75) is 109 Å². The van der Waals surface area contributed by atoms with Gasteiger partial charge in [-0.05, 0) is 104 Å². The van der Waals surface area contributed by atoms with Crippen molar-refractivity contribution in [3.05, 3.63) is 111 Å². The van der Waals surface area contributed by atoms with E-state index in [0.717, 1.165) is 59.3 Å². The first-order valence-electron chi connectivity index (χ1n) is 18.1. The smallest absolute Gasteiger partial charge is 0.350 e. The summed E-state index contributed by atoms with van der Waals surface area (Å²) in [5, 5.41) is 1.53. The molecule has 2 aromatic heterocycles. The molecule has 10 heteroatoms. The number of epoxide rings is 1. The molecule has 0 N–H and O–H groups in total. The normalized spacial score (nSPS) is 27.3. The van der Waals surface area contributed by atoms with Crippen LogP contribution in [0.25, 0.3) is 21.9 Å². The summed E-state index contributed by atoms with van der Waals surface area (Å²) in [6.45, 7) is 13.3. The Morgan fingerprint density at radius 1 is 0.885 bits per heavy atom. The van der Waals surface area contributed by atoms with E-state index < -0.39 is 17.2 Å². The molecule has 10 nitrogen and oxygen atoms in total. The van der Waals surface area contributed by atoms with Gasteiger partial charge in [-0.15, -0.1) is 0 Å². The minimum Gasteiger partial charge on any atom is -0.493 e. The number of rotatable bonds is 12. The van der Waals surface area contributed by atoms with Gasteiger partial charge >= 0.3 is 11.6 Å². The van der Waals surface area contributed by atoms with Gasteiger partial charge in [0.15, 0.2) is 0 Å². The zero-order chi connectivity index (χ0) is 36.3. The van der Waals surface area contributed by atoms with Crippen LogP contribution >= 0.6 is 0 Å². The second-order valence-corrected chi connectivity index (χ2v) is 15.3. The van der Waals surface area contributed by atoms with Crippen LogP contribution in [-0.4, -0.2) is 48.7 Å². The van der Waals surface area contributed by atoms with Gasteiger partial charge in [0.25, 0.3) is 0 Å². The van der Waals surface area contributed by atoms with Crippen LogP contribution in [-0.2, 0) is 28.4 Å². The average molecular weight is 711 g/mol. The molecular formula is C42H46O10. The van der Waals surface area contributed by atoms with Crippen molar-refractivity contribution in [2.75, 3.05) is 13.2 Å². The van der Waals surface area contributed by atoms with Crippen LogP contribution in [0.5, 0.6) is 5.75 Å². The van der Waals surface area contributed by atoms with Crippen LogP contribution in [0.1, 0.15) is 73.6 Å². The standard InChI is InChI=1S/C42H46O10/c1-25(7-10-35-40(3,4)50-35)15-20-47-39-28-13-18-42(49-34(28)24-32-30(39)17-22-45-32)51-36(41(5,6)52-42)11-8-26(2)14-19-46-38-27-9-12-37(43)48-33(27)23-31-29(38)16-21-44-31/h9,12-18,21-23,32,35-36H,7-8,10-11,19-20,24H2,1-6H3/b25-15+,26-14+/t32?,35?,36-,42+/m1/s1. The summed E-state index contributed by atoms with van der Waals surface area (Å²) < 4.78 is 55.0. The van der Waals surface area contributed by atoms with E-state index in [0.29, 0.717) is 48.0 Å². The van der Waals surface area contributed by atoms with Gasteiger partial charge in [-0.2, -0.15) is 0 Å². The number of benzene rings is 1. The molecule has 0 saturated carbocycles. The fourth-order valence-electron chi connectivity index (χ4n) is 7.43. The summed E-state index contributed by atoms with van der Waals surface area (Å²) in [5.41, 5.74) is 4.32. The molecule has 3 aromatic rings. The van der Waals surface area contributed by atoms with E-state index in [4.69, 9.17) is 42.0 Å². The lowest BCUT2D eigenvalue weighted by Gasteiger charge is -2.35. The fourth-order valence-corrected chi connectivity index (χ4v) is 7.43. The predicted molar refractivity (Wildman–Crippen MR) is 194 cm³/mol. The van der Waals surface area contributed by atoms with E-state index in [9.17, 15) is 4.79 Å². The molecule has 1 aromatic carbocycles. The molecule has 1 spiro atoms. The van der Waals surface area contributed by atoms with Crippen molar-refractivity contribution in [1.82, 2.24) is 0 Å². The van der Waals surface area contributed by atoms with E-state index in [2.05, 4.69) is 39.8 Å². The summed E-state index contributed by atoms with van der Waals surface area (Å²) in [6, 6.07) is 6.67. The third-order valence-corrected chi connectivity index (χ3v) is 10.6. The highest BCUT2D eigenvalue weighted by Gasteiger charge is 2.55. The lowest BCUT2D eigenvalue weighted by Crippen LogP contribution is -2.38. The number of furan rings is 1. The maximum atomic E-state index is 11.8. The molecule has 5 aliphatic rings. The lowest BCUT2D eigenvalue weighted by atomic mass is 9.92. The van der Waals surface area contributed by atoms with Gasteiger partial charge < -0.3 is 42.0 Å². The van der Waals surface area contributed by atoms with Crippen molar-refractivity contribution < 1.29 is 42.0 Å². The Hall–Kier alpha value is -4.51. The molecule has 0 amide bonds. The predicted octanol–water partition coefficient (Wildman–Crippen LogP) is 8.82. The SMILES string of the molecule is C/C(=C\COC1=C2C=COC2CC2=C1C=C[C@]1(O2)O[C@H](CC/C(C)=C/COc2c3ccoc3cc3oc(=O)ccc23)C(C)(C)O1)CCC1OC1(C)C. The molecule has 2 saturated heterocycles. The van der Waals surface area contributed by atoms with Crippen LogP contribution in [0.15, 0.2) is 115 Å². The first-order chi connectivity index (χ1) is 24.9. The highest BCUT2D eigenvalue weighted by molar-refractivity contribution is 6.01. The molecule has 8 rings (SSSR count). The Kier molecular flexibility index (Phi) is 8.75. The minimum absolute atomic E-state index is 0.00827. The van der Waals surface area contributed by atoms with Crippen molar-refractivity contribution in [3.8, 4) is 5.75 Å². The Balaban J connectivity index is 0.896. The van der Waals surface area contributed by atoms with Gasteiger partial charge in [-0.25, -0.2) is 4.79 Å². The largest absolute Gasteiger partial charge is 0.493 e. The number of hydrogen-bond donors (Lipinski definition) is 0. The van der Waals surface area contributed by atoms with Crippen molar-refractivity contribution in [1.29, 1.82) is 0 Å². The monoisotopic (exact) mass is 710 g/mol. The second kappa shape index (κ2) is 13.2. The van der Waals surface area contributed by atoms with Crippen molar-refractivity contribution in [2.24, 2.45) is 0 Å². The zero-order valence-corrected chi connectivity index (χ0v) is 30.6. The van der Waals surface area contributed by atoms with E-state index in [1.54, 1.807) is 24.7 Å². The summed E-state index contributed by atoms with van der Waals surface area (Å²) in [5.74, 6) is 0.774. The Bertz CT molecular complexity index is 2140. The molecule has 4 aliphatic heterocycles. The molecule has 4 atom stereocenters. The molecule has 2 unspecified atom stereocenters. The first kappa shape index (κ1) is 34.6. The number of hydrogen-bond acceptors (Lipinski definition) is 10. The maximum absolute atomic E-state index is 11.8. The van der Waals surface area contributed by atoms with Gasteiger partial charge in [0.05, 0.1) is 52.3 Å². The number of allylic oxidation sites excluding steroid dienone is 3. The fraction of sp³-hybridized carbons (Fsp3) is 0.452. The van der Waals surface area contributed by atoms with Crippen LogP contribution < -0.4 is 10.4 Å². The Labute approximate surface area is 302 Å². The molecule has 6 heterocycles. The zero-order valence-electron chi connectivity index (χ0n) is 30.6. The van der Waals surface area contributed by atoms with Crippen LogP contribution in [0.2, 0.25) is 0 Å². The van der Waals surface area contributed by atoms with Crippen molar-refractivity contribution >= 4 is 21.9 Å². The summed E-state index contributed by atoms with van der Waals surface area (Å²) in [6.07, 6.45) is 17.3. The van der Waals surface area contributed by atoms with Gasteiger partial charge in [0, 0.05) is 30.2 Å². The van der Waals surface area contributed by atoms with Crippen LogP contribution in [0.4, 0.5) is 0 Å². The minimum atomic E-state index is -1.34. The molecule has 1 aliphatic carbocycles. The van der Waals surface area contributed by atoms with Gasteiger partial charge in [-0.3, -0.25) is 0 Å². The Morgan fingerprint density at radius 3 is 2.35 bits per heavy atom. The Morgan fingerprint density at radius 2 is 1.60 bits per heavy atom. The third-order valence-electron chi connectivity index (χ3n) is 10.6. The van der Waals surface area contributed by atoms with E-state index in [-0.39, 0.29) is 17.8 Å². The first-order valence-corrected chi connectivity index (χ1v) is 18.1. The molecule has 0 bridgehead atoms. The van der Waals surface area contributed by atoms with Gasteiger partial charge in [0.2, 0.25) is 0 Å². The topological polar surface area (TPSA) is 111 Å². The highest BCUT2D eigenvalue weighted by atomic mass is 16.9. The van der Waals surface area contributed by atoms with E-state index in [1.807, 2.05) is 38.1 Å². The highest BCUT2D eigenvalue weighted by Crippen LogP contribution is 2.48. The quantitative estimate of drug-likeness (QED) is 0.103. The maximum Gasteiger partial charge on any atom is 0.350 e. The lowest BCUT2D eigenvalue weighted by molar-refractivity contribution is -0.300. The molecule has 0 radical (unpaired) electrons. The van der Waals surface area contributed by atoms with E-state index in [1.165, 1.54) is 11.6 Å². The third kappa shape index (κ3) is 6.75. The summed E-state index contributed by atoms with van der Waals surface area (Å²) in [4.78, 5) is 11.8. The van der Waals surface area contributed by atoms with Crippen LogP contribution in [0, 0.1) is 0 Å². The average Bonchev–Trinajstić information content (AvgIpc) is 3.49.